The Hall–Kier alpha value is -4.01. The SMILES string of the molecule is Cc1nn(Cc2ccccc2)c(C)c1C(=O)OCC(=O)Nc1cccc([N+](=O)[O-])c1C. The van der Waals surface area contributed by atoms with Crippen LogP contribution in [0.15, 0.2) is 48.5 Å². The summed E-state index contributed by atoms with van der Waals surface area (Å²) in [5, 5.41) is 18.0. The molecular formula is C22H22N4O5. The highest BCUT2D eigenvalue weighted by atomic mass is 16.6. The molecule has 0 saturated carbocycles. The molecule has 1 N–H and O–H groups in total. The molecule has 160 valence electrons. The van der Waals surface area contributed by atoms with Gasteiger partial charge in [0.05, 0.1) is 34.1 Å². The van der Waals surface area contributed by atoms with Gasteiger partial charge in [-0.1, -0.05) is 36.4 Å². The smallest absolute Gasteiger partial charge is 0.342 e. The normalized spacial score (nSPS) is 10.5. The van der Waals surface area contributed by atoms with Crippen molar-refractivity contribution in [1.82, 2.24) is 9.78 Å². The maximum absolute atomic E-state index is 12.6. The maximum atomic E-state index is 12.6. The molecular weight excluding hydrogens is 400 g/mol. The molecule has 1 amide bonds. The molecule has 0 bridgehead atoms. The molecule has 2 aromatic carbocycles. The fraction of sp³-hybridized carbons (Fsp3) is 0.227. The van der Waals surface area contributed by atoms with E-state index in [4.69, 9.17) is 4.74 Å². The van der Waals surface area contributed by atoms with E-state index < -0.39 is 23.4 Å². The number of ether oxygens (including phenoxy) is 1. The largest absolute Gasteiger partial charge is 0.452 e. The molecule has 0 aliphatic carbocycles. The Morgan fingerprint density at radius 2 is 1.81 bits per heavy atom. The van der Waals surface area contributed by atoms with E-state index in [0.717, 1.165) is 5.56 Å². The van der Waals surface area contributed by atoms with Crippen LogP contribution in [-0.2, 0) is 16.1 Å². The molecule has 0 atom stereocenters. The molecule has 0 saturated heterocycles. The van der Waals surface area contributed by atoms with Crippen LogP contribution in [0.25, 0.3) is 0 Å². The van der Waals surface area contributed by atoms with Crippen molar-refractivity contribution in [1.29, 1.82) is 0 Å². The van der Waals surface area contributed by atoms with Crippen LogP contribution in [0.1, 0.15) is 32.9 Å². The number of benzene rings is 2. The Bertz CT molecular complexity index is 1140. The molecule has 1 aromatic heterocycles. The van der Waals surface area contributed by atoms with Gasteiger partial charge in [-0.3, -0.25) is 19.6 Å². The number of nitro benzene ring substituents is 1. The standard InChI is InChI=1S/C22H22N4O5/c1-14-18(10-7-11-19(14)26(29)30)23-20(27)13-31-22(28)21-15(2)24-25(16(21)3)12-17-8-5-4-6-9-17/h4-11H,12-13H2,1-3H3,(H,23,27). The maximum Gasteiger partial charge on any atom is 0.342 e. The van der Waals surface area contributed by atoms with E-state index in [1.807, 2.05) is 30.3 Å². The number of nitrogens with zero attached hydrogens (tertiary/aromatic N) is 3. The zero-order chi connectivity index (χ0) is 22.5. The minimum atomic E-state index is -0.653. The van der Waals surface area contributed by atoms with Crippen LogP contribution in [0.5, 0.6) is 0 Å². The van der Waals surface area contributed by atoms with Crippen molar-refractivity contribution in [3.63, 3.8) is 0 Å². The van der Waals surface area contributed by atoms with Crippen LogP contribution in [0, 0.1) is 30.9 Å². The van der Waals surface area contributed by atoms with Crippen LogP contribution in [-0.4, -0.2) is 33.2 Å². The van der Waals surface area contributed by atoms with Gasteiger partial charge in [0.2, 0.25) is 0 Å². The number of esters is 1. The first-order valence-corrected chi connectivity index (χ1v) is 9.57. The Morgan fingerprint density at radius 1 is 1.10 bits per heavy atom. The molecule has 3 aromatic rings. The molecule has 0 radical (unpaired) electrons. The summed E-state index contributed by atoms with van der Waals surface area (Å²) in [7, 11) is 0. The second-order valence-corrected chi connectivity index (χ2v) is 7.02. The molecule has 1 heterocycles. The average molecular weight is 422 g/mol. The lowest BCUT2D eigenvalue weighted by molar-refractivity contribution is -0.385. The number of nitrogens with one attached hydrogen (secondary N) is 1. The van der Waals surface area contributed by atoms with E-state index in [-0.39, 0.29) is 5.69 Å². The molecule has 9 nitrogen and oxygen atoms in total. The van der Waals surface area contributed by atoms with Gasteiger partial charge < -0.3 is 10.1 Å². The number of aryl methyl sites for hydroxylation is 1. The second-order valence-electron chi connectivity index (χ2n) is 7.02. The fourth-order valence-electron chi connectivity index (χ4n) is 3.25. The van der Waals surface area contributed by atoms with Gasteiger partial charge in [-0.05, 0) is 32.4 Å². The first-order chi connectivity index (χ1) is 14.8. The van der Waals surface area contributed by atoms with Crippen molar-refractivity contribution in [2.75, 3.05) is 11.9 Å². The number of rotatable bonds is 7. The Labute approximate surface area is 178 Å². The first kappa shape index (κ1) is 21.7. The van der Waals surface area contributed by atoms with Crippen molar-refractivity contribution in [2.45, 2.75) is 27.3 Å². The molecule has 0 spiro atoms. The van der Waals surface area contributed by atoms with Gasteiger partial charge in [0.25, 0.3) is 11.6 Å². The summed E-state index contributed by atoms with van der Waals surface area (Å²) in [4.78, 5) is 35.3. The van der Waals surface area contributed by atoms with E-state index in [1.165, 1.54) is 19.1 Å². The van der Waals surface area contributed by atoms with E-state index in [0.29, 0.717) is 34.7 Å². The van der Waals surface area contributed by atoms with Crippen molar-refractivity contribution >= 4 is 23.3 Å². The summed E-state index contributed by atoms with van der Waals surface area (Å²) >= 11 is 0. The summed E-state index contributed by atoms with van der Waals surface area (Å²) in [5.74, 6) is -1.25. The lowest BCUT2D eigenvalue weighted by atomic mass is 10.1. The Balaban J connectivity index is 1.65. The van der Waals surface area contributed by atoms with Gasteiger partial charge in [-0.25, -0.2) is 4.79 Å². The number of amides is 1. The lowest BCUT2D eigenvalue weighted by Gasteiger charge is -2.09. The molecule has 0 fully saturated rings. The number of carbonyl (C=O) groups is 2. The molecule has 0 unspecified atom stereocenters. The lowest BCUT2D eigenvalue weighted by Crippen LogP contribution is -2.22. The third-order valence-electron chi connectivity index (χ3n) is 4.87. The molecule has 3 rings (SSSR count). The minimum Gasteiger partial charge on any atom is -0.452 e. The highest BCUT2D eigenvalue weighted by Crippen LogP contribution is 2.25. The van der Waals surface area contributed by atoms with Gasteiger partial charge in [-0.15, -0.1) is 0 Å². The Kier molecular flexibility index (Phi) is 6.44. The highest BCUT2D eigenvalue weighted by molar-refractivity contribution is 5.97. The second kappa shape index (κ2) is 9.21. The zero-order valence-corrected chi connectivity index (χ0v) is 17.4. The van der Waals surface area contributed by atoms with Crippen molar-refractivity contribution < 1.29 is 19.2 Å². The van der Waals surface area contributed by atoms with Gasteiger partial charge in [0, 0.05) is 6.07 Å². The summed E-state index contributed by atoms with van der Waals surface area (Å²) in [6.07, 6.45) is 0. The molecule has 0 aliphatic heterocycles. The number of nitro groups is 1. The van der Waals surface area contributed by atoms with Crippen molar-refractivity contribution in [3.8, 4) is 0 Å². The quantitative estimate of drug-likeness (QED) is 0.353. The van der Waals surface area contributed by atoms with Crippen LogP contribution in [0.2, 0.25) is 0 Å². The number of hydrogen-bond acceptors (Lipinski definition) is 6. The van der Waals surface area contributed by atoms with E-state index in [1.54, 1.807) is 24.6 Å². The van der Waals surface area contributed by atoms with Crippen LogP contribution in [0.4, 0.5) is 11.4 Å². The van der Waals surface area contributed by atoms with E-state index in [9.17, 15) is 19.7 Å². The number of anilines is 1. The van der Waals surface area contributed by atoms with Gasteiger partial charge in [0.15, 0.2) is 6.61 Å². The average Bonchev–Trinajstić information content (AvgIpc) is 3.01. The predicted octanol–water partition coefficient (Wildman–Crippen LogP) is 3.56. The summed E-state index contributed by atoms with van der Waals surface area (Å²) in [5.41, 5.74) is 3.01. The highest BCUT2D eigenvalue weighted by Gasteiger charge is 2.21. The minimum absolute atomic E-state index is 0.105. The van der Waals surface area contributed by atoms with Gasteiger partial charge in [0.1, 0.15) is 5.56 Å². The summed E-state index contributed by atoms with van der Waals surface area (Å²) < 4.78 is 6.88. The number of carbonyl (C=O) groups excluding carboxylic acids is 2. The van der Waals surface area contributed by atoms with Crippen LogP contribution < -0.4 is 5.32 Å². The van der Waals surface area contributed by atoms with Gasteiger partial charge >= 0.3 is 5.97 Å². The number of aromatic nitrogens is 2. The molecule has 9 heteroatoms. The van der Waals surface area contributed by atoms with E-state index in [2.05, 4.69) is 10.4 Å². The van der Waals surface area contributed by atoms with E-state index >= 15 is 0 Å². The van der Waals surface area contributed by atoms with Crippen molar-refractivity contribution in [3.05, 3.63) is 86.7 Å². The van der Waals surface area contributed by atoms with Crippen LogP contribution in [0.3, 0.4) is 0 Å². The summed E-state index contributed by atoms with van der Waals surface area (Å²) in [6, 6.07) is 14.1. The topological polar surface area (TPSA) is 116 Å². The van der Waals surface area contributed by atoms with Gasteiger partial charge in [-0.2, -0.15) is 5.10 Å². The third-order valence-corrected chi connectivity index (χ3v) is 4.87. The van der Waals surface area contributed by atoms with Crippen molar-refractivity contribution in [2.24, 2.45) is 0 Å². The molecule has 0 aliphatic rings. The monoisotopic (exact) mass is 422 g/mol. The predicted molar refractivity (Wildman–Crippen MR) is 114 cm³/mol. The summed E-state index contributed by atoms with van der Waals surface area (Å²) in [6.45, 7) is 4.99. The number of hydrogen-bond donors (Lipinski definition) is 1. The molecule has 31 heavy (non-hydrogen) atoms. The zero-order valence-electron chi connectivity index (χ0n) is 17.4. The first-order valence-electron chi connectivity index (χ1n) is 9.57. The van der Waals surface area contributed by atoms with Crippen LogP contribution >= 0.6 is 0 Å². The third kappa shape index (κ3) is 4.95. The fourth-order valence-corrected chi connectivity index (χ4v) is 3.25. The Morgan fingerprint density at radius 3 is 2.48 bits per heavy atom.